The van der Waals surface area contributed by atoms with E-state index in [1.807, 2.05) is 13.2 Å². The first-order valence-corrected chi connectivity index (χ1v) is 10.2. The predicted molar refractivity (Wildman–Crippen MR) is 87.2 cm³/mol. The van der Waals surface area contributed by atoms with Crippen LogP contribution in [0.2, 0.25) is 0 Å². The van der Waals surface area contributed by atoms with Gasteiger partial charge in [-0.3, -0.25) is 0 Å². The SMILES string of the molecule is CC(C)c1cnc(SC[C@H]2CCCN(S(C)(=O)=O)C2)n1C. The van der Waals surface area contributed by atoms with Crippen molar-refractivity contribution in [3.63, 3.8) is 0 Å². The summed E-state index contributed by atoms with van der Waals surface area (Å²) >= 11 is 1.73. The number of hydrogen-bond donors (Lipinski definition) is 0. The molecule has 0 N–H and O–H groups in total. The lowest BCUT2D eigenvalue weighted by molar-refractivity contribution is 0.286. The van der Waals surface area contributed by atoms with Gasteiger partial charge >= 0.3 is 0 Å². The summed E-state index contributed by atoms with van der Waals surface area (Å²) in [6.45, 7) is 5.64. The van der Waals surface area contributed by atoms with Crippen LogP contribution in [0.5, 0.6) is 0 Å². The minimum absolute atomic E-state index is 0.415. The molecule has 21 heavy (non-hydrogen) atoms. The molecule has 1 aliphatic rings. The molecule has 0 spiro atoms. The Morgan fingerprint density at radius 3 is 2.76 bits per heavy atom. The molecule has 0 bridgehead atoms. The van der Waals surface area contributed by atoms with Gasteiger partial charge in [-0.1, -0.05) is 25.6 Å². The number of hydrogen-bond acceptors (Lipinski definition) is 4. The summed E-state index contributed by atoms with van der Waals surface area (Å²) in [6, 6.07) is 0. The highest BCUT2D eigenvalue weighted by Gasteiger charge is 2.26. The van der Waals surface area contributed by atoms with Crippen molar-refractivity contribution in [3.8, 4) is 0 Å². The van der Waals surface area contributed by atoms with Gasteiger partial charge in [0, 0.05) is 37.8 Å². The van der Waals surface area contributed by atoms with Gasteiger partial charge in [0.1, 0.15) is 0 Å². The Morgan fingerprint density at radius 1 is 1.48 bits per heavy atom. The lowest BCUT2D eigenvalue weighted by Crippen LogP contribution is -2.39. The topological polar surface area (TPSA) is 55.2 Å². The normalized spacial score (nSPS) is 21.1. The van der Waals surface area contributed by atoms with E-state index in [9.17, 15) is 8.42 Å². The molecular formula is C14H25N3O2S2. The van der Waals surface area contributed by atoms with Gasteiger partial charge in [-0.2, -0.15) is 0 Å². The predicted octanol–water partition coefficient (Wildman–Crippen LogP) is 2.31. The Labute approximate surface area is 132 Å². The van der Waals surface area contributed by atoms with Crippen molar-refractivity contribution in [2.45, 2.75) is 37.8 Å². The van der Waals surface area contributed by atoms with Crippen LogP contribution < -0.4 is 0 Å². The minimum atomic E-state index is -3.05. The second-order valence-corrected chi connectivity index (χ2v) is 9.09. The van der Waals surface area contributed by atoms with Crippen LogP contribution in [0.25, 0.3) is 0 Å². The molecule has 2 heterocycles. The van der Waals surface area contributed by atoms with Crippen LogP contribution in [0.1, 0.15) is 38.3 Å². The molecule has 0 unspecified atom stereocenters. The highest BCUT2D eigenvalue weighted by atomic mass is 32.2. The van der Waals surface area contributed by atoms with E-state index in [1.54, 1.807) is 16.1 Å². The summed E-state index contributed by atoms with van der Waals surface area (Å²) in [5, 5.41) is 1.02. The summed E-state index contributed by atoms with van der Waals surface area (Å²) in [5.41, 5.74) is 1.24. The van der Waals surface area contributed by atoms with E-state index in [1.165, 1.54) is 11.9 Å². The van der Waals surface area contributed by atoms with Crippen molar-refractivity contribution >= 4 is 21.8 Å². The average Bonchev–Trinajstić information content (AvgIpc) is 2.77. The molecule has 0 aromatic carbocycles. The summed E-state index contributed by atoms with van der Waals surface area (Å²) in [6.07, 6.45) is 5.30. The zero-order valence-electron chi connectivity index (χ0n) is 13.2. The van der Waals surface area contributed by atoms with Gasteiger partial charge in [-0.15, -0.1) is 0 Å². The van der Waals surface area contributed by atoms with Crippen molar-refractivity contribution < 1.29 is 8.42 Å². The van der Waals surface area contributed by atoms with E-state index < -0.39 is 10.0 Å². The van der Waals surface area contributed by atoms with Gasteiger partial charge in [-0.25, -0.2) is 17.7 Å². The number of rotatable bonds is 5. The van der Waals surface area contributed by atoms with Crippen LogP contribution in [-0.4, -0.2) is 47.4 Å². The summed E-state index contributed by atoms with van der Waals surface area (Å²) in [7, 11) is -1.00. The second kappa shape index (κ2) is 6.71. The molecule has 0 radical (unpaired) electrons. The number of thioether (sulfide) groups is 1. The van der Waals surface area contributed by atoms with Gasteiger partial charge in [-0.05, 0) is 24.7 Å². The molecule has 1 saturated heterocycles. The molecule has 0 saturated carbocycles. The molecule has 2 rings (SSSR count). The largest absolute Gasteiger partial charge is 0.326 e. The fraction of sp³-hybridized carbons (Fsp3) is 0.786. The van der Waals surface area contributed by atoms with Crippen molar-refractivity contribution in [2.75, 3.05) is 25.1 Å². The summed E-state index contributed by atoms with van der Waals surface area (Å²) < 4.78 is 27.0. The maximum atomic E-state index is 11.6. The first kappa shape index (κ1) is 16.8. The number of nitrogens with zero attached hydrogens (tertiary/aromatic N) is 3. The Morgan fingerprint density at radius 2 is 2.19 bits per heavy atom. The number of sulfonamides is 1. The van der Waals surface area contributed by atoms with Crippen LogP contribution in [0.15, 0.2) is 11.4 Å². The van der Waals surface area contributed by atoms with E-state index in [-0.39, 0.29) is 0 Å². The first-order chi connectivity index (χ1) is 9.79. The Bertz CT molecular complexity index is 581. The fourth-order valence-electron chi connectivity index (χ4n) is 2.73. The Hall–Kier alpha value is -0.530. The molecule has 1 aromatic rings. The number of aromatic nitrogens is 2. The molecule has 0 aliphatic carbocycles. The van der Waals surface area contributed by atoms with Gasteiger partial charge < -0.3 is 4.57 Å². The standard InChI is InChI=1S/C14H25N3O2S2/c1-11(2)13-8-15-14(16(13)3)20-10-12-6-5-7-17(9-12)21(4,18)19/h8,11-12H,5-7,9-10H2,1-4H3/t12-/m0/s1. The van der Waals surface area contributed by atoms with E-state index in [2.05, 4.69) is 23.4 Å². The molecule has 120 valence electrons. The van der Waals surface area contributed by atoms with Crippen LogP contribution in [0.4, 0.5) is 0 Å². The highest BCUT2D eigenvalue weighted by Crippen LogP contribution is 2.27. The number of piperidine rings is 1. The van der Waals surface area contributed by atoms with Crippen LogP contribution >= 0.6 is 11.8 Å². The molecule has 1 aromatic heterocycles. The molecule has 1 fully saturated rings. The first-order valence-electron chi connectivity index (χ1n) is 7.38. The maximum absolute atomic E-state index is 11.6. The fourth-order valence-corrected chi connectivity index (χ4v) is 4.76. The van der Waals surface area contributed by atoms with Crippen LogP contribution in [0.3, 0.4) is 0 Å². The van der Waals surface area contributed by atoms with Gasteiger partial charge in [0.15, 0.2) is 5.16 Å². The lowest BCUT2D eigenvalue weighted by Gasteiger charge is -2.30. The third-order valence-corrected chi connectivity index (χ3v) is 6.52. The highest BCUT2D eigenvalue weighted by molar-refractivity contribution is 7.99. The van der Waals surface area contributed by atoms with Gasteiger partial charge in [0.05, 0.1) is 6.26 Å². The number of imidazole rings is 1. The minimum Gasteiger partial charge on any atom is -0.326 e. The molecule has 7 heteroatoms. The van der Waals surface area contributed by atoms with E-state index in [0.717, 1.165) is 23.8 Å². The molecular weight excluding hydrogens is 306 g/mol. The van der Waals surface area contributed by atoms with Crippen molar-refractivity contribution in [3.05, 3.63) is 11.9 Å². The van der Waals surface area contributed by atoms with Crippen LogP contribution in [-0.2, 0) is 17.1 Å². The molecule has 1 aliphatic heterocycles. The molecule has 1 atom stereocenters. The van der Waals surface area contributed by atoms with Crippen molar-refractivity contribution in [1.82, 2.24) is 13.9 Å². The monoisotopic (exact) mass is 331 g/mol. The zero-order chi connectivity index (χ0) is 15.6. The Balaban J connectivity index is 1.94. The Kier molecular flexibility index (Phi) is 5.38. The molecule has 5 nitrogen and oxygen atoms in total. The second-order valence-electron chi connectivity index (χ2n) is 6.12. The van der Waals surface area contributed by atoms with Crippen molar-refractivity contribution in [1.29, 1.82) is 0 Å². The van der Waals surface area contributed by atoms with Crippen molar-refractivity contribution in [2.24, 2.45) is 13.0 Å². The third kappa shape index (κ3) is 4.23. The van der Waals surface area contributed by atoms with E-state index in [0.29, 0.717) is 24.9 Å². The zero-order valence-corrected chi connectivity index (χ0v) is 14.9. The van der Waals surface area contributed by atoms with Gasteiger partial charge in [0.2, 0.25) is 10.0 Å². The smallest absolute Gasteiger partial charge is 0.211 e. The van der Waals surface area contributed by atoms with E-state index in [4.69, 9.17) is 0 Å². The summed E-state index contributed by atoms with van der Waals surface area (Å²) in [5.74, 6) is 1.80. The van der Waals surface area contributed by atoms with Gasteiger partial charge in [0.25, 0.3) is 0 Å². The van der Waals surface area contributed by atoms with Crippen LogP contribution in [0, 0.1) is 5.92 Å². The summed E-state index contributed by atoms with van der Waals surface area (Å²) in [4.78, 5) is 4.48. The maximum Gasteiger partial charge on any atom is 0.211 e. The average molecular weight is 332 g/mol. The quantitative estimate of drug-likeness (QED) is 0.777. The molecule has 0 amide bonds. The van der Waals surface area contributed by atoms with E-state index >= 15 is 0 Å². The third-order valence-electron chi connectivity index (χ3n) is 3.97. The lowest BCUT2D eigenvalue weighted by atomic mass is 10.0.